The summed E-state index contributed by atoms with van der Waals surface area (Å²) >= 11 is 0. The summed E-state index contributed by atoms with van der Waals surface area (Å²) in [5.74, 6) is 0.674. The van der Waals surface area contributed by atoms with Crippen molar-refractivity contribution >= 4 is 11.9 Å². The number of nitrogens with two attached hydrogens (primary N) is 1. The molecule has 0 radical (unpaired) electrons. The van der Waals surface area contributed by atoms with Crippen LogP contribution in [0.25, 0.3) is 0 Å². The average Bonchev–Trinajstić information content (AvgIpc) is 2.48. The zero-order chi connectivity index (χ0) is 14.8. The van der Waals surface area contributed by atoms with Crippen LogP contribution in [0.4, 0.5) is 11.9 Å². The third-order valence-electron chi connectivity index (χ3n) is 3.31. The Labute approximate surface area is 119 Å². The van der Waals surface area contributed by atoms with Crippen LogP contribution in [-0.2, 0) is 0 Å². The molecule has 1 saturated heterocycles. The molecule has 0 spiro atoms. The number of ether oxygens (including phenoxy) is 1. The number of anilines is 2. The molecule has 7 heteroatoms. The Morgan fingerprint density at radius 2 is 2.00 bits per heavy atom. The minimum absolute atomic E-state index is 0.0190. The minimum Gasteiger partial charge on any atom is -0.461 e. The quantitative estimate of drug-likeness (QED) is 0.852. The largest absolute Gasteiger partial charge is 0.461 e. The molecule has 1 fully saturated rings. The first kappa shape index (κ1) is 14.8. The van der Waals surface area contributed by atoms with Crippen LogP contribution in [-0.4, -0.2) is 44.9 Å². The lowest BCUT2D eigenvalue weighted by Gasteiger charge is -2.22. The molecule has 2 heterocycles. The highest BCUT2D eigenvalue weighted by atomic mass is 16.5. The summed E-state index contributed by atoms with van der Waals surface area (Å²) in [7, 11) is 0. The van der Waals surface area contributed by atoms with Gasteiger partial charge in [-0.15, -0.1) is 0 Å². The second-order valence-corrected chi connectivity index (χ2v) is 5.78. The van der Waals surface area contributed by atoms with Crippen LogP contribution < -0.4 is 15.4 Å². The van der Waals surface area contributed by atoms with Crippen molar-refractivity contribution in [3.63, 3.8) is 0 Å². The zero-order valence-electron chi connectivity index (χ0n) is 12.3. The van der Waals surface area contributed by atoms with Crippen LogP contribution in [0.5, 0.6) is 6.01 Å². The number of rotatable bonds is 3. The van der Waals surface area contributed by atoms with Gasteiger partial charge < -0.3 is 20.5 Å². The molecule has 0 aromatic carbocycles. The van der Waals surface area contributed by atoms with Crippen molar-refractivity contribution in [1.29, 1.82) is 0 Å². The van der Waals surface area contributed by atoms with Crippen molar-refractivity contribution in [3.05, 3.63) is 0 Å². The van der Waals surface area contributed by atoms with E-state index in [4.69, 9.17) is 10.5 Å². The van der Waals surface area contributed by atoms with Crippen LogP contribution >= 0.6 is 0 Å². The van der Waals surface area contributed by atoms with Gasteiger partial charge in [0.1, 0.15) is 0 Å². The lowest BCUT2D eigenvalue weighted by atomic mass is 9.98. The summed E-state index contributed by atoms with van der Waals surface area (Å²) in [5, 5.41) is 10.1. The zero-order valence-corrected chi connectivity index (χ0v) is 12.3. The molecule has 0 aliphatic carbocycles. The number of hydrogen-bond acceptors (Lipinski definition) is 7. The number of aromatic nitrogens is 3. The summed E-state index contributed by atoms with van der Waals surface area (Å²) in [4.78, 5) is 14.5. The first-order chi connectivity index (χ1) is 9.35. The van der Waals surface area contributed by atoms with E-state index < -0.39 is 5.60 Å². The fourth-order valence-corrected chi connectivity index (χ4v) is 2.23. The Bertz CT molecular complexity index is 464. The molecule has 112 valence electrons. The van der Waals surface area contributed by atoms with Gasteiger partial charge in [0, 0.05) is 13.1 Å². The normalized spacial score (nSPS) is 23.8. The van der Waals surface area contributed by atoms with Crippen LogP contribution in [0.1, 0.15) is 40.0 Å². The predicted octanol–water partition coefficient (Wildman–Crippen LogP) is 0.982. The van der Waals surface area contributed by atoms with Crippen LogP contribution in [0.2, 0.25) is 0 Å². The van der Waals surface area contributed by atoms with Gasteiger partial charge in [-0.1, -0.05) is 0 Å². The van der Waals surface area contributed by atoms with E-state index in [-0.39, 0.29) is 18.1 Å². The Morgan fingerprint density at radius 3 is 2.70 bits per heavy atom. The van der Waals surface area contributed by atoms with Crippen molar-refractivity contribution in [2.45, 2.75) is 51.7 Å². The molecule has 20 heavy (non-hydrogen) atoms. The van der Waals surface area contributed by atoms with Gasteiger partial charge in [-0.25, -0.2) is 0 Å². The molecular weight excluding hydrogens is 258 g/mol. The lowest BCUT2D eigenvalue weighted by molar-refractivity contribution is 0.0481. The van der Waals surface area contributed by atoms with Gasteiger partial charge in [-0.2, -0.15) is 15.0 Å². The first-order valence-corrected chi connectivity index (χ1v) is 7.01. The first-order valence-electron chi connectivity index (χ1n) is 7.01. The van der Waals surface area contributed by atoms with Gasteiger partial charge in [0.15, 0.2) is 0 Å². The van der Waals surface area contributed by atoms with Gasteiger partial charge in [0.25, 0.3) is 0 Å². The molecular formula is C13H23N5O2. The highest BCUT2D eigenvalue weighted by molar-refractivity contribution is 5.36. The number of aliphatic hydroxyl groups is 1. The molecule has 1 atom stereocenters. The third kappa shape index (κ3) is 3.93. The average molecular weight is 281 g/mol. The van der Waals surface area contributed by atoms with Gasteiger partial charge in [-0.05, 0) is 40.0 Å². The van der Waals surface area contributed by atoms with Crippen LogP contribution in [0.3, 0.4) is 0 Å². The minimum atomic E-state index is -0.620. The fourth-order valence-electron chi connectivity index (χ4n) is 2.23. The van der Waals surface area contributed by atoms with Crippen molar-refractivity contribution in [3.8, 4) is 6.01 Å². The molecule has 1 aromatic heterocycles. The molecule has 0 saturated carbocycles. The van der Waals surface area contributed by atoms with E-state index in [0.717, 1.165) is 19.4 Å². The van der Waals surface area contributed by atoms with Crippen molar-refractivity contribution in [1.82, 2.24) is 15.0 Å². The van der Waals surface area contributed by atoms with Crippen LogP contribution in [0, 0.1) is 0 Å². The maximum absolute atomic E-state index is 10.1. The summed E-state index contributed by atoms with van der Waals surface area (Å²) in [6, 6.07) is 0.249. The molecule has 1 aliphatic heterocycles. The van der Waals surface area contributed by atoms with E-state index >= 15 is 0 Å². The van der Waals surface area contributed by atoms with Gasteiger partial charge in [0.05, 0.1) is 11.7 Å². The molecule has 2 rings (SSSR count). The molecule has 7 nitrogen and oxygen atoms in total. The van der Waals surface area contributed by atoms with E-state index in [9.17, 15) is 5.11 Å². The van der Waals surface area contributed by atoms with Crippen LogP contribution in [0.15, 0.2) is 0 Å². The Hall–Kier alpha value is -1.63. The SMILES string of the molecule is CC(C)Oc1nc(N)nc(N2CCCC(C)(O)CC2)n1. The van der Waals surface area contributed by atoms with Crippen molar-refractivity contribution in [2.24, 2.45) is 0 Å². The van der Waals surface area contributed by atoms with E-state index in [0.29, 0.717) is 18.9 Å². The Morgan fingerprint density at radius 1 is 1.25 bits per heavy atom. The fraction of sp³-hybridized carbons (Fsp3) is 0.769. The lowest BCUT2D eigenvalue weighted by Crippen LogP contribution is -2.30. The van der Waals surface area contributed by atoms with E-state index in [1.54, 1.807) is 0 Å². The summed E-state index contributed by atoms with van der Waals surface area (Å²) in [5.41, 5.74) is 5.10. The maximum atomic E-state index is 10.1. The number of nitrogen functional groups attached to an aromatic ring is 1. The number of nitrogens with zero attached hydrogens (tertiary/aromatic N) is 4. The molecule has 3 N–H and O–H groups in total. The summed E-state index contributed by atoms with van der Waals surface area (Å²) in [6.07, 6.45) is 2.33. The van der Waals surface area contributed by atoms with Gasteiger partial charge in [0.2, 0.25) is 11.9 Å². The Balaban J connectivity index is 2.17. The summed E-state index contributed by atoms with van der Waals surface area (Å²) in [6.45, 7) is 7.16. The molecule has 1 aliphatic rings. The molecule has 0 bridgehead atoms. The van der Waals surface area contributed by atoms with Crippen molar-refractivity contribution < 1.29 is 9.84 Å². The summed E-state index contributed by atoms with van der Waals surface area (Å²) < 4.78 is 5.48. The predicted molar refractivity (Wildman–Crippen MR) is 76.7 cm³/mol. The maximum Gasteiger partial charge on any atom is 0.323 e. The highest BCUT2D eigenvalue weighted by Gasteiger charge is 2.26. The second kappa shape index (κ2) is 5.78. The molecule has 0 amide bonds. The van der Waals surface area contributed by atoms with E-state index in [2.05, 4.69) is 15.0 Å². The Kier molecular flexibility index (Phi) is 4.27. The molecule has 1 unspecified atom stereocenters. The van der Waals surface area contributed by atoms with E-state index in [1.807, 2.05) is 25.7 Å². The van der Waals surface area contributed by atoms with E-state index in [1.165, 1.54) is 0 Å². The standard InChI is InChI=1S/C13H23N5O2/c1-9(2)20-12-16-10(14)15-11(17-12)18-7-4-5-13(3,19)6-8-18/h9,19H,4-8H2,1-3H3,(H2,14,15,16,17). The van der Waals surface area contributed by atoms with Gasteiger partial charge in [-0.3, -0.25) is 0 Å². The molecule has 1 aromatic rings. The second-order valence-electron chi connectivity index (χ2n) is 5.78. The topological polar surface area (TPSA) is 97.4 Å². The smallest absolute Gasteiger partial charge is 0.323 e. The monoisotopic (exact) mass is 281 g/mol. The number of hydrogen-bond donors (Lipinski definition) is 2. The highest BCUT2D eigenvalue weighted by Crippen LogP contribution is 2.24. The van der Waals surface area contributed by atoms with Crippen molar-refractivity contribution in [2.75, 3.05) is 23.7 Å². The third-order valence-corrected chi connectivity index (χ3v) is 3.31. The van der Waals surface area contributed by atoms with Gasteiger partial charge >= 0.3 is 6.01 Å².